The first-order chi connectivity index (χ1) is 16.6. The van der Waals surface area contributed by atoms with Crippen LogP contribution in [0, 0.1) is 6.92 Å². The summed E-state index contributed by atoms with van der Waals surface area (Å²) < 4.78 is 23.2. The van der Waals surface area contributed by atoms with E-state index in [2.05, 4.69) is 32.4 Å². The van der Waals surface area contributed by atoms with Gasteiger partial charge in [0.15, 0.2) is 8.15 Å². The number of rotatable bonds is 13. The van der Waals surface area contributed by atoms with Crippen molar-refractivity contribution in [2.45, 2.75) is 66.1 Å². The van der Waals surface area contributed by atoms with Crippen LogP contribution in [0.4, 0.5) is 0 Å². The molecule has 0 saturated carbocycles. The van der Waals surface area contributed by atoms with Crippen molar-refractivity contribution in [2.75, 3.05) is 32.2 Å². The second-order valence-electron chi connectivity index (χ2n) is 8.85. The summed E-state index contributed by atoms with van der Waals surface area (Å²) in [5, 5.41) is 14.1. The van der Waals surface area contributed by atoms with Crippen molar-refractivity contribution in [1.29, 1.82) is 0 Å². The Morgan fingerprint density at radius 1 is 1.34 bits per heavy atom. The first-order valence-corrected chi connectivity index (χ1v) is 16.6. The zero-order chi connectivity index (χ0) is 26.2. The highest BCUT2D eigenvalue weighted by Crippen LogP contribution is 2.52. The van der Waals surface area contributed by atoms with Gasteiger partial charge in [-0.25, -0.2) is 4.79 Å². The van der Waals surface area contributed by atoms with E-state index in [1.54, 1.807) is 23.0 Å². The molecule has 2 unspecified atom stereocenters. The number of fused-ring (bicyclic) bond motifs is 1. The summed E-state index contributed by atoms with van der Waals surface area (Å²) >= 11 is 2.23. The molecule has 0 spiro atoms. The van der Waals surface area contributed by atoms with Crippen LogP contribution >= 0.6 is 38.3 Å². The number of methoxy groups -OCH3 is 1. The number of carbonyl (C=O) groups is 1. The molecule has 0 aromatic heterocycles. The van der Waals surface area contributed by atoms with E-state index in [9.17, 15) is 9.90 Å². The van der Waals surface area contributed by atoms with Crippen LogP contribution < -0.4 is 9.47 Å². The summed E-state index contributed by atoms with van der Waals surface area (Å²) in [5.74, 6) is 1.73. The van der Waals surface area contributed by atoms with E-state index in [-0.39, 0.29) is 5.97 Å². The number of ether oxygens (including phenoxy) is 3. The molecule has 0 amide bonds. The minimum atomic E-state index is -1.25. The lowest BCUT2D eigenvalue weighted by Crippen LogP contribution is -2.23. The summed E-state index contributed by atoms with van der Waals surface area (Å²) in [7, 11) is 2.05. The van der Waals surface area contributed by atoms with Crippen LogP contribution in [-0.2, 0) is 22.2 Å². The predicted octanol–water partition coefficient (Wildman–Crippen LogP) is 6.60. The normalized spacial score (nSPS) is 16.0. The third-order valence-electron chi connectivity index (χ3n) is 5.85. The van der Waals surface area contributed by atoms with Crippen molar-refractivity contribution in [1.82, 2.24) is 0 Å². The van der Waals surface area contributed by atoms with Gasteiger partial charge in [0.1, 0.15) is 22.4 Å². The van der Waals surface area contributed by atoms with Gasteiger partial charge >= 0.3 is 5.97 Å². The number of esters is 1. The molecule has 1 aromatic rings. The van der Waals surface area contributed by atoms with Crippen LogP contribution in [0.15, 0.2) is 16.8 Å². The monoisotopic (exact) mass is 637 g/mol. The molecule has 1 N–H and O–H groups in total. The molecule has 1 aliphatic heterocycles. The molecular weight excluding hydrogens is 600 g/mol. The number of allylic oxidation sites excluding steroid dienone is 2. The lowest BCUT2D eigenvalue weighted by Gasteiger charge is -2.29. The van der Waals surface area contributed by atoms with Gasteiger partial charge in [0.25, 0.3) is 0 Å². The minimum absolute atomic E-state index is 0.347. The first kappa shape index (κ1) is 30.2. The van der Waals surface area contributed by atoms with Crippen LogP contribution in [0.1, 0.15) is 68.1 Å². The minimum Gasteiger partial charge on any atom is -0.496 e. The van der Waals surface area contributed by atoms with Gasteiger partial charge in [-0.2, -0.15) is 0 Å². The molecule has 0 radical (unpaired) electrons. The SMILES string of the molecule is CCC(C)(O)P(C/C(C)=C/Cc1c(OC)c(C)c2c(c1OCCSI)C(=O)OCC2)ON=C(C)C. The molecule has 0 aliphatic carbocycles. The maximum Gasteiger partial charge on any atom is 0.342 e. The van der Waals surface area contributed by atoms with E-state index < -0.39 is 13.5 Å². The van der Waals surface area contributed by atoms with Crippen molar-refractivity contribution < 1.29 is 28.7 Å². The summed E-state index contributed by atoms with van der Waals surface area (Å²) in [6.07, 6.45) is 4.38. The number of oxime groups is 1. The zero-order valence-corrected chi connectivity index (χ0v) is 25.6. The largest absolute Gasteiger partial charge is 0.496 e. The predicted molar refractivity (Wildman–Crippen MR) is 154 cm³/mol. The molecule has 1 aromatic carbocycles. The Bertz CT molecular complexity index is 962. The number of halogens is 1. The summed E-state index contributed by atoms with van der Waals surface area (Å²) in [6, 6.07) is 0. The molecule has 2 atom stereocenters. The van der Waals surface area contributed by atoms with Crippen molar-refractivity contribution in [3.8, 4) is 11.5 Å². The Hall–Kier alpha value is -1.03. The number of cyclic esters (lactones) is 1. The number of benzene rings is 1. The van der Waals surface area contributed by atoms with Crippen molar-refractivity contribution in [2.24, 2.45) is 5.16 Å². The fourth-order valence-electron chi connectivity index (χ4n) is 3.75. The van der Waals surface area contributed by atoms with Crippen LogP contribution in [0.5, 0.6) is 11.5 Å². The van der Waals surface area contributed by atoms with Crippen LogP contribution in [0.3, 0.4) is 0 Å². The van der Waals surface area contributed by atoms with Gasteiger partial charge in [-0.1, -0.05) is 32.7 Å². The molecule has 196 valence electrons. The van der Waals surface area contributed by atoms with Gasteiger partial charge in [-0.3, -0.25) is 0 Å². The average Bonchev–Trinajstić information content (AvgIpc) is 2.81. The number of aliphatic hydroxyl groups is 1. The van der Waals surface area contributed by atoms with E-state index in [4.69, 9.17) is 18.8 Å². The molecular formula is C25H37INO6PS. The highest BCUT2D eigenvalue weighted by Gasteiger charge is 2.34. The molecule has 35 heavy (non-hydrogen) atoms. The van der Waals surface area contributed by atoms with Crippen LogP contribution in [0.25, 0.3) is 0 Å². The number of nitrogens with zero attached hydrogens (tertiary/aromatic N) is 1. The Labute approximate surface area is 226 Å². The lowest BCUT2D eigenvalue weighted by molar-refractivity contribution is 0.0473. The summed E-state index contributed by atoms with van der Waals surface area (Å²) in [4.78, 5) is 12.8. The fraction of sp³-hybridized carbons (Fsp3) is 0.600. The standard InChI is InChI=1S/C25H37INO6PS/c1-8-25(6,29)34(33-27-16(2)3)15-17(4)9-10-20-22(30-7)18(5)19-11-12-32-24(28)21(19)23(20)31-13-14-35-26/h9,29H,8,10-15H2,1-7H3/b17-9+. The Kier molecular flexibility index (Phi) is 12.1. The topological polar surface area (TPSA) is 86.6 Å². The van der Waals surface area contributed by atoms with Crippen molar-refractivity contribution >= 4 is 50.0 Å². The highest BCUT2D eigenvalue weighted by atomic mass is 127. The van der Waals surface area contributed by atoms with E-state index in [0.29, 0.717) is 50.0 Å². The maximum absolute atomic E-state index is 12.8. The molecule has 1 heterocycles. The van der Waals surface area contributed by atoms with Gasteiger partial charge in [0.05, 0.1) is 26.0 Å². The average molecular weight is 638 g/mol. The third kappa shape index (κ3) is 7.98. The maximum atomic E-state index is 12.8. The van der Waals surface area contributed by atoms with E-state index in [0.717, 1.165) is 39.5 Å². The molecule has 0 saturated heterocycles. The molecule has 1 aliphatic rings. The Morgan fingerprint density at radius 2 is 2.06 bits per heavy atom. The molecule has 0 bridgehead atoms. The first-order valence-electron chi connectivity index (χ1n) is 11.7. The Morgan fingerprint density at radius 3 is 2.66 bits per heavy atom. The third-order valence-corrected chi connectivity index (χ3v) is 9.95. The molecule has 0 fully saturated rings. The number of hydrogen-bond acceptors (Lipinski definition) is 8. The van der Waals surface area contributed by atoms with E-state index >= 15 is 0 Å². The quantitative estimate of drug-likeness (QED) is 0.0497. The number of hydrogen-bond donors (Lipinski definition) is 1. The van der Waals surface area contributed by atoms with Gasteiger partial charge < -0.3 is 23.9 Å². The summed E-state index contributed by atoms with van der Waals surface area (Å²) in [6.45, 7) is 12.3. The van der Waals surface area contributed by atoms with Crippen molar-refractivity contribution in [3.63, 3.8) is 0 Å². The van der Waals surface area contributed by atoms with Gasteiger partial charge in [-0.05, 0) is 79.8 Å². The van der Waals surface area contributed by atoms with Gasteiger partial charge in [0, 0.05) is 23.9 Å². The Balaban J connectivity index is 2.46. The fourth-order valence-corrected chi connectivity index (χ4v) is 6.20. The number of carbonyl (C=O) groups excluding carboxylic acids is 1. The zero-order valence-electron chi connectivity index (χ0n) is 21.7. The second kappa shape index (κ2) is 14.1. The smallest absolute Gasteiger partial charge is 0.342 e. The summed E-state index contributed by atoms with van der Waals surface area (Å²) in [5.41, 5.74) is 5.09. The lowest BCUT2D eigenvalue weighted by atomic mass is 9.90. The molecule has 7 nitrogen and oxygen atoms in total. The van der Waals surface area contributed by atoms with Gasteiger partial charge in [-0.15, -0.1) is 0 Å². The second-order valence-corrected chi connectivity index (χ2v) is 13.5. The molecule has 2 rings (SSSR count). The van der Waals surface area contributed by atoms with Crippen molar-refractivity contribution in [3.05, 3.63) is 33.9 Å². The van der Waals surface area contributed by atoms with Crippen LogP contribution in [-0.4, -0.2) is 54.4 Å². The highest BCUT2D eigenvalue weighted by molar-refractivity contribution is 14.2. The van der Waals surface area contributed by atoms with E-state index in [1.165, 1.54) is 0 Å². The van der Waals surface area contributed by atoms with Crippen LogP contribution in [0.2, 0.25) is 0 Å². The molecule has 10 heteroatoms. The van der Waals surface area contributed by atoms with E-state index in [1.807, 2.05) is 34.6 Å². The van der Waals surface area contributed by atoms with Gasteiger partial charge in [0.2, 0.25) is 0 Å².